The van der Waals surface area contributed by atoms with E-state index in [0.29, 0.717) is 11.1 Å². The van der Waals surface area contributed by atoms with Crippen LogP contribution in [0.1, 0.15) is 109 Å². The van der Waals surface area contributed by atoms with Crippen molar-refractivity contribution in [1.29, 1.82) is 0 Å². The number of ketones is 2. The molecule has 86 heavy (non-hydrogen) atoms. The zero-order valence-corrected chi connectivity index (χ0v) is 50.4. The number of ether oxygens (including phenoxy) is 8. The number of aliphatic hydroxyl groups excluding tert-OH is 2. The summed E-state index contributed by atoms with van der Waals surface area (Å²) in [4.78, 5) is 82.1. The summed E-state index contributed by atoms with van der Waals surface area (Å²) in [6, 6.07) is 15.8. The highest BCUT2D eigenvalue weighted by Crippen LogP contribution is 2.66. The number of fused-ring (bicyclic) bond motifs is 10. The molecule has 0 spiro atoms. The van der Waals surface area contributed by atoms with Gasteiger partial charge in [0, 0.05) is 58.2 Å². The monoisotopic (exact) mass is 1230 g/mol. The van der Waals surface area contributed by atoms with Crippen molar-refractivity contribution in [3.8, 4) is 0 Å². The van der Waals surface area contributed by atoms with Crippen molar-refractivity contribution in [1.82, 2.24) is 0 Å². The van der Waals surface area contributed by atoms with Crippen LogP contribution >= 0.6 is 0 Å². The average Bonchev–Trinajstić information content (AvgIpc) is 0.679. The van der Waals surface area contributed by atoms with Gasteiger partial charge in [0.05, 0.1) is 65.3 Å². The number of esters is 4. The molecule has 8 aliphatic rings. The third kappa shape index (κ3) is 9.46. The standard InChI is InChI=1S/C31H37F3O12S.C30H36O9/c1-15-18(36)13-30(39)25(44-26(38)17-10-8-7-9-11-17)23-28(5,24(37)22(42-6)21(15)27(30,3)4)19(46-47(40,41)31(32,33)34)12-20-29(23,14-43-20)45-16(2)35;1-16-19(32)14-30(35)25(38-26(34)18-10-8-7-9-11-18)23-28(5,24(33)22(36-6)21(16)27(30,3)4)13-12-20-29(23,15-37-20)39-17(2)31/h7-11,18-20,22-23,25,36,39H,12-14H2,1-6H3;7-13,19-20,22-23,25,32,35H,14-15H2,1-6H3/t18-,19-,20+,22+,23-,25-,28+,29-,30+;19-,20+,22+,23-,25-,28+,29-,30+/m00/s1. The summed E-state index contributed by atoms with van der Waals surface area (Å²) < 4.78 is 118. The largest absolute Gasteiger partial charge is 0.523 e. The van der Waals surface area contributed by atoms with Gasteiger partial charge in [0.25, 0.3) is 0 Å². The van der Waals surface area contributed by atoms with Crippen molar-refractivity contribution in [2.24, 2.45) is 33.5 Å². The maximum atomic E-state index is 15.0. The van der Waals surface area contributed by atoms with Crippen LogP contribution < -0.4 is 0 Å². The third-order valence-corrected chi connectivity index (χ3v) is 21.3. The Morgan fingerprint density at radius 1 is 0.651 bits per heavy atom. The highest BCUT2D eigenvalue weighted by molar-refractivity contribution is 7.87. The minimum atomic E-state index is -6.35. The molecular formula is C61H73F3O21S. The second-order valence-corrected chi connectivity index (χ2v) is 26.9. The van der Waals surface area contributed by atoms with E-state index in [9.17, 15) is 70.8 Å². The third-order valence-electron chi connectivity index (χ3n) is 20.2. The minimum Gasteiger partial charge on any atom is -0.455 e. The normalized spacial score (nSPS) is 39.2. The number of hydrogen-bond donors (Lipinski definition) is 4. The molecule has 2 aromatic rings. The summed E-state index contributed by atoms with van der Waals surface area (Å²) in [7, 11) is -3.81. The van der Waals surface area contributed by atoms with E-state index in [0.717, 1.165) is 21.0 Å². The number of halogens is 3. The van der Waals surface area contributed by atoms with Crippen LogP contribution in [0.5, 0.6) is 0 Å². The molecule has 25 heteroatoms. The summed E-state index contributed by atoms with van der Waals surface area (Å²) >= 11 is 0. The Morgan fingerprint density at radius 2 is 1.08 bits per heavy atom. The summed E-state index contributed by atoms with van der Waals surface area (Å²) in [5.41, 5.74) is -18.6. The Hall–Kier alpha value is -5.74. The number of carbonyl (C=O) groups excluding carboxylic acids is 6. The van der Waals surface area contributed by atoms with E-state index in [2.05, 4.69) is 0 Å². The molecule has 3 saturated carbocycles. The Labute approximate surface area is 495 Å². The van der Waals surface area contributed by atoms with Gasteiger partial charge in [-0.1, -0.05) is 76.2 Å². The Bertz CT molecular complexity index is 3310. The lowest BCUT2D eigenvalue weighted by atomic mass is 9.44. The molecule has 0 amide bonds. The van der Waals surface area contributed by atoms with E-state index in [1.165, 1.54) is 59.1 Å². The van der Waals surface area contributed by atoms with Gasteiger partial charge in [0.15, 0.2) is 22.8 Å². The maximum absolute atomic E-state index is 15.0. The molecule has 0 unspecified atom stereocenters. The van der Waals surface area contributed by atoms with E-state index in [-0.39, 0.29) is 41.1 Å². The van der Waals surface area contributed by atoms with Crippen molar-refractivity contribution >= 4 is 45.6 Å². The predicted octanol–water partition coefficient (Wildman–Crippen LogP) is 5.15. The summed E-state index contributed by atoms with van der Waals surface area (Å²) in [6.07, 6.45) is -10.9. The van der Waals surface area contributed by atoms with Crippen LogP contribution in [0.2, 0.25) is 0 Å². The molecule has 4 N–H and O–H groups in total. The molecule has 470 valence electrons. The second-order valence-electron chi connectivity index (χ2n) is 25.3. The topological polar surface area (TPSA) is 301 Å². The quantitative estimate of drug-likeness (QED) is 0.0786. The number of allylic oxidation sites excluding steroid dienone is 1. The minimum absolute atomic E-state index is 0.00623. The Balaban J connectivity index is 0.000000209. The van der Waals surface area contributed by atoms with Gasteiger partial charge in [-0.15, -0.1) is 0 Å². The summed E-state index contributed by atoms with van der Waals surface area (Å²) in [5, 5.41) is 48.2. The van der Waals surface area contributed by atoms with Gasteiger partial charge in [0.2, 0.25) is 0 Å². The number of carbonyl (C=O) groups is 6. The molecule has 21 nitrogen and oxygen atoms in total. The fraction of sp³-hybridized carbons (Fsp3) is 0.607. The fourth-order valence-electron chi connectivity index (χ4n) is 15.6. The van der Waals surface area contributed by atoms with Crippen molar-refractivity contribution in [3.63, 3.8) is 0 Å². The SMILES string of the molecule is CO[C@H]1C(=O)[C@]2(C)C=C[C@H]3OC[C@@]3(OC(C)=O)[C@H]2[C@H](OC(=O)c2ccccc2)[C@]2(O)C[C@H](O)C(C)=C1C2(C)C.CO[C@H]1C(=O)[C@]2(C)[C@@H](OS(=O)(=O)C(F)(F)F)C[C@H]3OC[C@@]3(OC(C)=O)[C@H]2[C@H](OC(=O)c2ccccc2)[C@]2(O)C[C@H](O)C(C)=C1C2(C)C. The smallest absolute Gasteiger partial charge is 0.455 e. The number of rotatable bonds is 10. The Morgan fingerprint density at radius 3 is 1.48 bits per heavy atom. The maximum Gasteiger partial charge on any atom is 0.523 e. The number of aliphatic hydroxyl groups is 4. The van der Waals surface area contributed by atoms with Gasteiger partial charge in [-0.05, 0) is 74.3 Å². The molecule has 6 aliphatic carbocycles. The van der Waals surface area contributed by atoms with Gasteiger partial charge in [-0.2, -0.15) is 21.6 Å². The lowest BCUT2D eigenvalue weighted by Gasteiger charge is -2.67. The number of methoxy groups -OCH3 is 2. The van der Waals surface area contributed by atoms with E-state index < -0.39 is 176 Å². The second kappa shape index (κ2) is 21.8. The van der Waals surface area contributed by atoms with Crippen LogP contribution in [-0.2, 0) is 71.4 Å². The summed E-state index contributed by atoms with van der Waals surface area (Å²) in [5.74, 6) is -7.47. The molecule has 2 saturated heterocycles. The first kappa shape index (κ1) is 64.7. The highest BCUT2D eigenvalue weighted by Gasteiger charge is 2.80. The molecule has 2 aromatic carbocycles. The predicted molar refractivity (Wildman–Crippen MR) is 292 cm³/mol. The van der Waals surface area contributed by atoms with Crippen LogP contribution in [0.3, 0.4) is 0 Å². The van der Waals surface area contributed by atoms with Gasteiger partial charge in [-0.25, -0.2) is 9.59 Å². The Kier molecular flexibility index (Phi) is 16.4. The van der Waals surface area contributed by atoms with Gasteiger partial charge < -0.3 is 58.3 Å². The van der Waals surface area contributed by atoms with Gasteiger partial charge >= 0.3 is 39.5 Å². The van der Waals surface area contributed by atoms with Crippen LogP contribution in [0.15, 0.2) is 95.1 Å². The molecule has 5 fully saturated rings. The van der Waals surface area contributed by atoms with Crippen LogP contribution in [0, 0.1) is 33.5 Å². The molecular weight excluding hydrogens is 1160 g/mol. The van der Waals surface area contributed by atoms with E-state index >= 15 is 0 Å². The number of Topliss-reactive ketones (excluding diaryl/α,β-unsaturated/α-hetero) is 2. The zero-order chi connectivity index (χ0) is 63.7. The molecule has 2 aliphatic heterocycles. The van der Waals surface area contributed by atoms with Crippen molar-refractivity contribution in [3.05, 3.63) is 106 Å². The fourth-order valence-corrected chi connectivity index (χ4v) is 16.3. The lowest BCUT2D eigenvalue weighted by molar-refractivity contribution is -0.344. The molecule has 10 rings (SSSR count). The van der Waals surface area contributed by atoms with E-state index in [4.69, 9.17) is 42.1 Å². The van der Waals surface area contributed by atoms with Gasteiger partial charge in [0.1, 0.15) is 47.8 Å². The van der Waals surface area contributed by atoms with Crippen LogP contribution in [0.25, 0.3) is 0 Å². The van der Waals surface area contributed by atoms with Crippen LogP contribution in [-0.4, -0.2) is 175 Å². The molecule has 0 aromatic heterocycles. The van der Waals surface area contributed by atoms with Crippen molar-refractivity contribution in [2.75, 3.05) is 27.4 Å². The van der Waals surface area contributed by atoms with E-state index in [1.807, 2.05) is 0 Å². The lowest BCUT2D eigenvalue weighted by Crippen LogP contribution is -2.82. The molecule has 17 atom stereocenters. The van der Waals surface area contributed by atoms with Crippen LogP contribution in [0.4, 0.5) is 13.2 Å². The zero-order valence-electron chi connectivity index (χ0n) is 49.6. The first-order valence-electron chi connectivity index (χ1n) is 28.0. The first-order chi connectivity index (χ1) is 39.8. The number of alkyl halides is 3. The highest BCUT2D eigenvalue weighted by atomic mass is 32.2. The first-order valence-corrected chi connectivity index (χ1v) is 29.5. The van der Waals surface area contributed by atoms with Crippen molar-refractivity contribution < 1.29 is 113 Å². The number of hydrogen-bond acceptors (Lipinski definition) is 21. The number of benzene rings is 2. The van der Waals surface area contributed by atoms with E-state index in [1.54, 1.807) is 76.2 Å². The molecule has 0 radical (unpaired) electrons. The molecule has 2 heterocycles. The van der Waals surface area contributed by atoms with Gasteiger partial charge in [-0.3, -0.25) is 23.4 Å². The van der Waals surface area contributed by atoms with Crippen molar-refractivity contribution in [2.45, 2.75) is 171 Å². The molecule has 4 bridgehead atoms. The summed E-state index contributed by atoms with van der Waals surface area (Å²) in [6.45, 7) is 14.4. The average molecular weight is 1230 g/mol.